The molecule has 114 valence electrons. The summed E-state index contributed by atoms with van der Waals surface area (Å²) in [6.45, 7) is 0.926. The van der Waals surface area contributed by atoms with Crippen LogP contribution in [0.5, 0.6) is 5.75 Å². The summed E-state index contributed by atoms with van der Waals surface area (Å²) in [6.07, 6.45) is 3.05. The molecule has 0 aromatic heterocycles. The van der Waals surface area contributed by atoms with Crippen molar-refractivity contribution in [1.82, 2.24) is 16.2 Å². The second kappa shape index (κ2) is 6.41. The van der Waals surface area contributed by atoms with Crippen LogP contribution in [0, 0.1) is 11.7 Å². The number of hydrazine groups is 1. The first kappa shape index (κ1) is 14.3. The molecule has 0 radical (unpaired) electrons. The second-order valence-electron chi connectivity index (χ2n) is 5.71. The minimum absolute atomic E-state index is 0.0350. The third-order valence-corrected chi connectivity index (χ3v) is 4.18. The standard InChI is InChI=1S/C15H20FN3O2/c16-11-1-4-13(5-2-11)21-9-15(20)18-12-3-6-14-10(7-12)8-17-19-14/h1-2,4-5,10,12,14,17,19H,3,6-9H2,(H,18,20). The summed E-state index contributed by atoms with van der Waals surface area (Å²) in [5.41, 5.74) is 6.44. The largest absolute Gasteiger partial charge is 0.484 e. The molecule has 1 aliphatic carbocycles. The molecular weight excluding hydrogens is 273 g/mol. The molecule has 1 aromatic rings. The molecule has 1 saturated heterocycles. The average molecular weight is 293 g/mol. The fourth-order valence-electron chi connectivity index (χ4n) is 3.08. The topological polar surface area (TPSA) is 62.4 Å². The fraction of sp³-hybridized carbons (Fsp3) is 0.533. The minimum Gasteiger partial charge on any atom is -0.484 e. The lowest BCUT2D eigenvalue weighted by Crippen LogP contribution is -2.45. The van der Waals surface area contributed by atoms with E-state index < -0.39 is 0 Å². The lowest BCUT2D eigenvalue weighted by Gasteiger charge is -2.31. The molecule has 5 nitrogen and oxygen atoms in total. The molecule has 1 saturated carbocycles. The molecule has 3 N–H and O–H groups in total. The lowest BCUT2D eigenvalue weighted by atomic mass is 9.83. The van der Waals surface area contributed by atoms with Crippen molar-refractivity contribution in [2.75, 3.05) is 13.2 Å². The zero-order valence-corrected chi connectivity index (χ0v) is 11.8. The molecule has 1 amide bonds. The van der Waals surface area contributed by atoms with E-state index in [9.17, 15) is 9.18 Å². The van der Waals surface area contributed by atoms with E-state index >= 15 is 0 Å². The summed E-state index contributed by atoms with van der Waals surface area (Å²) in [6, 6.07) is 6.42. The molecule has 1 aromatic carbocycles. The Hall–Kier alpha value is -1.66. The monoisotopic (exact) mass is 293 g/mol. The van der Waals surface area contributed by atoms with E-state index in [0.717, 1.165) is 25.8 Å². The summed E-state index contributed by atoms with van der Waals surface area (Å²) in [5, 5.41) is 3.02. The maximum atomic E-state index is 12.8. The summed E-state index contributed by atoms with van der Waals surface area (Å²) in [4.78, 5) is 11.9. The van der Waals surface area contributed by atoms with Gasteiger partial charge in [-0.25, -0.2) is 4.39 Å². The highest BCUT2D eigenvalue weighted by Crippen LogP contribution is 2.26. The van der Waals surface area contributed by atoms with Gasteiger partial charge in [0.25, 0.3) is 5.91 Å². The van der Waals surface area contributed by atoms with E-state index in [-0.39, 0.29) is 24.4 Å². The highest BCUT2D eigenvalue weighted by Gasteiger charge is 2.34. The van der Waals surface area contributed by atoms with Gasteiger partial charge in [-0.05, 0) is 49.4 Å². The Morgan fingerprint density at radius 1 is 1.33 bits per heavy atom. The van der Waals surface area contributed by atoms with Gasteiger partial charge < -0.3 is 10.1 Å². The molecule has 3 rings (SSSR count). The van der Waals surface area contributed by atoms with E-state index in [1.165, 1.54) is 24.3 Å². The molecule has 1 aliphatic heterocycles. The van der Waals surface area contributed by atoms with Gasteiger partial charge in [-0.15, -0.1) is 0 Å². The molecule has 2 fully saturated rings. The van der Waals surface area contributed by atoms with E-state index in [1.54, 1.807) is 0 Å². The van der Waals surface area contributed by atoms with Gasteiger partial charge in [-0.2, -0.15) is 0 Å². The van der Waals surface area contributed by atoms with Crippen molar-refractivity contribution in [3.05, 3.63) is 30.1 Å². The van der Waals surface area contributed by atoms with Crippen molar-refractivity contribution < 1.29 is 13.9 Å². The molecule has 3 unspecified atom stereocenters. The van der Waals surface area contributed by atoms with Crippen LogP contribution in [0.2, 0.25) is 0 Å². The van der Waals surface area contributed by atoms with Gasteiger partial charge in [-0.1, -0.05) is 0 Å². The lowest BCUT2D eigenvalue weighted by molar-refractivity contribution is -0.124. The Morgan fingerprint density at radius 2 is 2.14 bits per heavy atom. The predicted octanol–water partition coefficient (Wildman–Crippen LogP) is 0.966. The van der Waals surface area contributed by atoms with E-state index in [1.807, 2.05) is 0 Å². The SMILES string of the molecule is O=C(COc1ccc(F)cc1)NC1CCC2NNCC2C1. The molecule has 21 heavy (non-hydrogen) atoms. The van der Waals surface area contributed by atoms with Gasteiger partial charge in [0.1, 0.15) is 11.6 Å². The van der Waals surface area contributed by atoms with Crippen molar-refractivity contribution in [2.24, 2.45) is 5.92 Å². The normalized spacial score (nSPS) is 28.0. The van der Waals surface area contributed by atoms with Crippen LogP contribution in [0.15, 0.2) is 24.3 Å². The number of carbonyl (C=O) groups excluding carboxylic acids is 1. The number of rotatable bonds is 4. The number of amides is 1. The highest BCUT2D eigenvalue weighted by atomic mass is 19.1. The van der Waals surface area contributed by atoms with Crippen molar-refractivity contribution in [1.29, 1.82) is 0 Å². The minimum atomic E-state index is -0.317. The maximum absolute atomic E-state index is 12.8. The second-order valence-corrected chi connectivity index (χ2v) is 5.71. The van der Waals surface area contributed by atoms with Gasteiger partial charge >= 0.3 is 0 Å². The van der Waals surface area contributed by atoms with E-state index in [2.05, 4.69) is 16.2 Å². The quantitative estimate of drug-likeness (QED) is 0.774. The molecule has 2 aliphatic rings. The van der Waals surface area contributed by atoms with Crippen LogP contribution in [0.3, 0.4) is 0 Å². The summed E-state index contributed by atoms with van der Waals surface area (Å²) < 4.78 is 18.1. The highest BCUT2D eigenvalue weighted by molar-refractivity contribution is 5.77. The van der Waals surface area contributed by atoms with Crippen molar-refractivity contribution in [2.45, 2.75) is 31.3 Å². The molecule has 6 heteroatoms. The van der Waals surface area contributed by atoms with Crippen molar-refractivity contribution in [3.8, 4) is 5.75 Å². The Bertz CT molecular complexity index is 494. The van der Waals surface area contributed by atoms with Gasteiger partial charge in [0.15, 0.2) is 6.61 Å². The molecule has 0 spiro atoms. The van der Waals surface area contributed by atoms with Crippen LogP contribution in [-0.2, 0) is 4.79 Å². The number of ether oxygens (including phenoxy) is 1. The zero-order chi connectivity index (χ0) is 14.7. The summed E-state index contributed by atoms with van der Waals surface area (Å²) in [5.74, 6) is 0.644. The van der Waals surface area contributed by atoms with Crippen LogP contribution in [-0.4, -0.2) is 31.1 Å². The van der Waals surface area contributed by atoms with E-state index in [0.29, 0.717) is 17.7 Å². The fourth-order valence-corrected chi connectivity index (χ4v) is 3.08. The Kier molecular flexibility index (Phi) is 4.36. The molecular formula is C15H20FN3O2. The molecule has 0 bridgehead atoms. The Labute approximate surface area is 123 Å². The first-order valence-electron chi connectivity index (χ1n) is 7.37. The number of nitrogens with one attached hydrogen (secondary N) is 3. The van der Waals surface area contributed by atoms with Crippen molar-refractivity contribution >= 4 is 5.91 Å². The Balaban J connectivity index is 1.43. The predicted molar refractivity (Wildman–Crippen MR) is 76.1 cm³/mol. The van der Waals surface area contributed by atoms with Crippen LogP contribution in [0.4, 0.5) is 4.39 Å². The van der Waals surface area contributed by atoms with Gasteiger partial charge in [-0.3, -0.25) is 15.6 Å². The average Bonchev–Trinajstić information content (AvgIpc) is 2.94. The maximum Gasteiger partial charge on any atom is 0.258 e. The van der Waals surface area contributed by atoms with Crippen LogP contribution >= 0.6 is 0 Å². The first-order chi connectivity index (χ1) is 10.2. The van der Waals surface area contributed by atoms with Gasteiger partial charge in [0.2, 0.25) is 0 Å². The van der Waals surface area contributed by atoms with Gasteiger partial charge in [0.05, 0.1) is 0 Å². The van der Waals surface area contributed by atoms with Crippen molar-refractivity contribution in [3.63, 3.8) is 0 Å². The molecule has 3 atom stereocenters. The number of halogens is 1. The smallest absolute Gasteiger partial charge is 0.258 e. The number of hydrogen-bond donors (Lipinski definition) is 3. The number of fused-ring (bicyclic) bond motifs is 1. The Morgan fingerprint density at radius 3 is 2.95 bits per heavy atom. The van der Waals surface area contributed by atoms with Crippen LogP contribution in [0.1, 0.15) is 19.3 Å². The summed E-state index contributed by atoms with van der Waals surface area (Å²) in [7, 11) is 0. The number of carbonyl (C=O) groups is 1. The first-order valence-corrected chi connectivity index (χ1v) is 7.37. The zero-order valence-electron chi connectivity index (χ0n) is 11.8. The number of hydrogen-bond acceptors (Lipinski definition) is 4. The number of benzene rings is 1. The third-order valence-electron chi connectivity index (χ3n) is 4.18. The van der Waals surface area contributed by atoms with E-state index in [4.69, 9.17) is 4.74 Å². The molecule has 1 heterocycles. The van der Waals surface area contributed by atoms with Crippen LogP contribution in [0.25, 0.3) is 0 Å². The van der Waals surface area contributed by atoms with Crippen LogP contribution < -0.4 is 20.9 Å². The third kappa shape index (κ3) is 3.71. The summed E-state index contributed by atoms with van der Waals surface area (Å²) >= 11 is 0. The van der Waals surface area contributed by atoms with Gasteiger partial charge in [0, 0.05) is 18.6 Å².